The Balaban J connectivity index is 1.35. The van der Waals surface area contributed by atoms with Crippen molar-refractivity contribution in [3.05, 3.63) is 59.7 Å². The molecule has 1 aromatic carbocycles. The number of carbonyl (C=O) groups is 2. The summed E-state index contributed by atoms with van der Waals surface area (Å²) in [4.78, 5) is 24.8. The molecule has 0 N–H and O–H groups in total. The SMILES string of the molecule is CC(C)OC(=O)CCCC=CC[C@@H]1[C@@H](C=CC(=O)C2Cc3ccccc3C2)[C@@H](F)C[C@@H]1OC1CCCCO1. The summed E-state index contributed by atoms with van der Waals surface area (Å²) < 4.78 is 32.6. The van der Waals surface area contributed by atoms with Gasteiger partial charge >= 0.3 is 5.97 Å². The van der Waals surface area contributed by atoms with Crippen molar-refractivity contribution in [1.82, 2.24) is 0 Å². The Hall–Kier alpha value is -2.31. The van der Waals surface area contributed by atoms with Crippen LogP contribution >= 0.6 is 0 Å². The van der Waals surface area contributed by atoms with Crippen molar-refractivity contribution in [2.24, 2.45) is 17.8 Å². The molecule has 0 radical (unpaired) electrons. The van der Waals surface area contributed by atoms with Gasteiger partial charge in [-0.25, -0.2) is 4.39 Å². The van der Waals surface area contributed by atoms with Gasteiger partial charge in [0.2, 0.25) is 0 Å². The molecule has 1 aromatic rings. The first-order valence-electron chi connectivity index (χ1n) is 14.4. The molecule has 1 heterocycles. The molecule has 6 heteroatoms. The second-order valence-electron chi connectivity index (χ2n) is 11.2. The Kier molecular flexibility index (Phi) is 10.7. The van der Waals surface area contributed by atoms with E-state index in [0.717, 1.165) is 44.9 Å². The van der Waals surface area contributed by atoms with E-state index in [1.807, 2.05) is 32.1 Å². The third-order valence-corrected chi connectivity index (χ3v) is 7.94. The lowest BCUT2D eigenvalue weighted by molar-refractivity contribution is -0.195. The fourth-order valence-corrected chi connectivity index (χ4v) is 5.97. The summed E-state index contributed by atoms with van der Waals surface area (Å²) in [5.41, 5.74) is 2.48. The van der Waals surface area contributed by atoms with E-state index in [1.165, 1.54) is 11.1 Å². The fourth-order valence-electron chi connectivity index (χ4n) is 5.97. The van der Waals surface area contributed by atoms with Crippen LogP contribution in [0.3, 0.4) is 0 Å². The van der Waals surface area contributed by atoms with Gasteiger partial charge in [-0.2, -0.15) is 0 Å². The predicted octanol–water partition coefficient (Wildman–Crippen LogP) is 6.48. The van der Waals surface area contributed by atoms with E-state index < -0.39 is 6.17 Å². The van der Waals surface area contributed by atoms with E-state index in [2.05, 4.69) is 24.3 Å². The fraction of sp³-hybridized carbons (Fsp3) is 0.625. The van der Waals surface area contributed by atoms with E-state index in [1.54, 1.807) is 6.08 Å². The molecule has 208 valence electrons. The molecule has 2 fully saturated rings. The van der Waals surface area contributed by atoms with Crippen molar-refractivity contribution in [3.8, 4) is 0 Å². The molecule has 3 aliphatic rings. The highest BCUT2D eigenvalue weighted by molar-refractivity contribution is 5.92. The van der Waals surface area contributed by atoms with Gasteiger partial charge in [0.1, 0.15) is 6.17 Å². The number of ketones is 1. The van der Waals surface area contributed by atoms with Crippen LogP contribution in [0.4, 0.5) is 4.39 Å². The van der Waals surface area contributed by atoms with Gasteiger partial charge in [-0.3, -0.25) is 9.59 Å². The molecular formula is C32H43FO5. The molecule has 2 aliphatic carbocycles. The van der Waals surface area contributed by atoms with E-state index in [4.69, 9.17) is 14.2 Å². The molecule has 5 nitrogen and oxygen atoms in total. The maximum absolute atomic E-state index is 15.3. The van der Waals surface area contributed by atoms with Crippen molar-refractivity contribution in [3.63, 3.8) is 0 Å². The minimum atomic E-state index is -1.06. The molecule has 5 atom stereocenters. The maximum Gasteiger partial charge on any atom is 0.306 e. The largest absolute Gasteiger partial charge is 0.463 e. The Morgan fingerprint density at radius 3 is 2.58 bits per heavy atom. The number of alkyl halides is 1. The van der Waals surface area contributed by atoms with Crippen LogP contribution in [-0.2, 0) is 36.6 Å². The number of hydrogen-bond acceptors (Lipinski definition) is 5. The zero-order valence-electron chi connectivity index (χ0n) is 22.9. The van der Waals surface area contributed by atoms with E-state index >= 15 is 4.39 Å². The van der Waals surface area contributed by atoms with Crippen molar-refractivity contribution in [1.29, 1.82) is 0 Å². The van der Waals surface area contributed by atoms with Crippen molar-refractivity contribution in [2.45, 2.75) is 103 Å². The number of carbonyl (C=O) groups excluding carboxylic acids is 2. The first-order chi connectivity index (χ1) is 18.4. The van der Waals surface area contributed by atoms with E-state index in [-0.39, 0.29) is 48.0 Å². The molecule has 0 amide bonds. The highest BCUT2D eigenvalue weighted by Crippen LogP contribution is 2.41. The summed E-state index contributed by atoms with van der Waals surface area (Å²) in [6.45, 7) is 4.38. The zero-order valence-corrected chi connectivity index (χ0v) is 22.9. The molecule has 4 rings (SSSR count). The second-order valence-corrected chi connectivity index (χ2v) is 11.2. The van der Waals surface area contributed by atoms with Crippen LogP contribution < -0.4 is 0 Å². The van der Waals surface area contributed by atoms with Gasteiger partial charge in [-0.15, -0.1) is 0 Å². The van der Waals surface area contributed by atoms with Gasteiger partial charge in [0.25, 0.3) is 0 Å². The van der Waals surface area contributed by atoms with Gasteiger partial charge in [-0.05, 0) is 88.3 Å². The van der Waals surface area contributed by atoms with Crippen LogP contribution in [0.1, 0.15) is 76.3 Å². The van der Waals surface area contributed by atoms with Gasteiger partial charge in [0.15, 0.2) is 12.1 Å². The lowest BCUT2D eigenvalue weighted by atomic mass is 9.89. The maximum atomic E-state index is 15.3. The van der Waals surface area contributed by atoms with E-state index in [9.17, 15) is 9.59 Å². The summed E-state index contributed by atoms with van der Waals surface area (Å²) in [6.07, 6.45) is 13.2. The lowest BCUT2D eigenvalue weighted by Gasteiger charge is -2.29. The monoisotopic (exact) mass is 526 g/mol. The number of benzene rings is 1. The molecule has 0 bridgehead atoms. The van der Waals surface area contributed by atoms with Crippen LogP contribution in [0.2, 0.25) is 0 Å². The smallest absolute Gasteiger partial charge is 0.306 e. The predicted molar refractivity (Wildman–Crippen MR) is 145 cm³/mol. The summed E-state index contributed by atoms with van der Waals surface area (Å²) >= 11 is 0. The van der Waals surface area contributed by atoms with Crippen LogP contribution in [0.25, 0.3) is 0 Å². The molecule has 1 unspecified atom stereocenters. The van der Waals surface area contributed by atoms with Gasteiger partial charge in [-0.1, -0.05) is 42.5 Å². The van der Waals surface area contributed by atoms with E-state index in [0.29, 0.717) is 25.9 Å². The highest BCUT2D eigenvalue weighted by Gasteiger charge is 2.43. The number of allylic oxidation sites excluding steroid dienone is 4. The minimum Gasteiger partial charge on any atom is -0.463 e. The molecule has 1 saturated carbocycles. The number of halogens is 1. The van der Waals surface area contributed by atoms with Gasteiger partial charge < -0.3 is 14.2 Å². The number of unbranched alkanes of at least 4 members (excludes halogenated alkanes) is 1. The average molecular weight is 527 g/mol. The topological polar surface area (TPSA) is 61.8 Å². The van der Waals surface area contributed by atoms with Crippen LogP contribution in [0.5, 0.6) is 0 Å². The Labute approximate surface area is 226 Å². The number of esters is 1. The summed E-state index contributed by atoms with van der Waals surface area (Å²) in [6, 6.07) is 8.20. The van der Waals surface area contributed by atoms with Crippen LogP contribution in [0.15, 0.2) is 48.6 Å². The molecule has 1 aliphatic heterocycles. The first kappa shape index (κ1) is 28.7. The molecule has 0 spiro atoms. The standard InChI is InChI=1S/C32H43FO5/c1-22(2)37-31(35)14-6-4-3-5-13-27-26(28(33)21-30(27)38-32-15-9-10-18-36-32)16-17-29(34)25-19-23-11-7-8-12-24(23)20-25/h3,5,7-8,11-12,16-17,22,25-28,30,32H,4,6,9-10,13-15,18-21H2,1-2H3/t26-,27-,28+,30+,32?/m1/s1. The average Bonchev–Trinajstić information content (AvgIpc) is 3.45. The summed E-state index contributed by atoms with van der Waals surface area (Å²) in [5, 5.41) is 0. The van der Waals surface area contributed by atoms with Crippen molar-refractivity contribution in [2.75, 3.05) is 6.61 Å². The zero-order chi connectivity index (χ0) is 26.9. The van der Waals surface area contributed by atoms with Gasteiger partial charge in [0.05, 0.1) is 12.2 Å². The van der Waals surface area contributed by atoms with Crippen LogP contribution in [-0.4, -0.2) is 43.0 Å². The summed E-state index contributed by atoms with van der Waals surface area (Å²) in [7, 11) is 0. The molecule has 1 saturated heterocycles. The second kappa shape index (κ2) is 14.2. The molecule has 38 heavy (non-hydrogen) atoms. The first-order valence-corrected chi connectivity index (χ1v) is 14.4. The third-order valence-electron chi connectivity index (χ3n) is 7.94. The Bertz CT molecular complexity index is 955. The number of rotatable bonds is 12. The normalized spacial score (nSPS) is 27.9. The quantitative estimate of drug-likeness (QED) is 0.135. The Morgan fingerprint density at radius 2 is 1.89 bits per heavy atom. The minimum absolute atomic E-state index is 0.0634. The van der Waals surface area contributed by atoms with Crippen molar-refractivity contribution >= 4 is 11.8 Å². The number of ether oxygens (including phenoxy) is 3. The van der Waals surface area contributed by atoms with Crippen molar-refractivity contribution < 1.29 is 28.2 Å². The van der Waals surface area contributed by atoms with Gasteiger partial charge in [0, 0.05) is 31.3 Å². The third kappa shape index (κ3) is 8.09. The number of fused-ring (bicyclic) bond motifs is 1. The Morgan fingerprint density at radius 1 is 1.13 bits per heavy atom. The highest BCUT2D eigenvalue weighted by atomic mass is 19.1. The number of hydrogen-bond donors (Lipinski definition) is 0. The molecular weight excluding hydrogens is 483 g/mol. The summed E-state index contributed by atoms with van der Waals surface area (Å²) in [5.74, 6) is -0.599. The molecule has 0 aromatic heterocycles. The van der Waals surface area contributed by atoms with Crippen LogP contribution in [0, 0.1) is 17.8 Å². The lowest BCUT2D eigenvalue weighted by Crippen LogP contribution is -2.31.